The van der Waals surface area contributed by atoms with Gasteiger partial charge in [0.1, 0.15) is 0 Å². The van der Waals surface area contributed by atoms with Crippen LogP contribution < -0.4 is 0 Å². The van der Waals surface area contributed by atoms with Crippen LogP contribution in [0.1, 0.15) is 44.9 Å². The quantitative estimate of drug-likeness (QED) is 0.722. The van der Waals surface area contributed by atoms with Crippen molar-refractivity contribution in [1.29, 1.82) is 0 Å². The second-order valence-corrected chi connectivity index (χ2v) is 6.50. The van der Waals surface area contributed by atoms with Crippen molar-refractivity contribution in [1.82, 2.24) is 4.31 Å². The van der Waals surface area contributed by atoms with Crippen LogP contribution >= 0.6 is 0 Å². The van der Waals surface area contributed by atoms with Crippen molar-refractivity contribution in [3.05, 3.63) is 0 Å². The minimum absolute atomic E-state index is 0.311. The van der Waals surface area contributed by atoms with Crippen molar-refractivity contribution in [3.63, 3.8) is 0 Å². The molecule has 2 fully saturated rings. The Morgan fingerprint density at radius 1 is 0.929 bits per heavy atom. The average molecular weight is 217 g/mol. The summed E-state index contributed by atoms with van der Waals surface area (Å²) in [5.41, 5.74) is 0. The van der Waals surface area contributed by atoms with Gasteiger partial charge in [-0.05, 0) is 25.7 Å². The molecule has 0 amide bonds. The van der Waals surface area contributed by atoms with E-state index in [4.69, 9.17) is 0 Å². The molecule has 0 radical (unpaired) electrons. The first kappa shape index (κ1) is 10.4. The van der Waals surface area contributed by atoms with E-state index in [0.29, 0.717) is 12.1 Å². The second kappa shape index (κ2) is 3.81. The zero-order valence-electron chi connectivity index (χ0n) is 8.78. The molecule has 0 N–H and O–H groups in total. The number of rotatable bonds is 3. The molecular formula is C10H19NO2S. The molecule has 0 aromatic rings. The molecule has 0 aromatic carbocycles. The summed E-state index contributed by atoms with van der Waals surface area (Å²) in [5.74, 6) is 0. The maximum atomic E-state index is 11.6. The molecule has 2 rings (SSSR count). The number of hydrogen-bond acceptors (Lipinski definition) is 2. The Morgan fingerprint density at radius 2 is 1.43 bits per heavy atom. The van der Waals surface area contributed by atoms with E-state index in [-0.39, 0.29) is 0 Å². The highest BCUT2D eigenvalue weighted by atomic mass is 32.2. The molecule has 0 unspecified atom stereocenters. The first-order chi connectivity index (χ1) is 6.59. The molecular weight excluding hydrogens is 198 g/mol. The largest absolute Gasteiger partial charge is 0.212 e. The first-order valence-corrected chi connectivity index (χ1v) is 7.42. The summed E-state index contributed by atoms with van der Waals surface area (Å²) in [6, 6.07) is 0.652. The Balaban J connectivity index is 2.09. The average Bonchev–Trinajstić information content (AvgIpc) is 2.88. The van der Waals surface area contributed by atoms with Gasteiger partial charge in [-0.2, -0.15) is 4.31 Å². The zero-order valence-corrected chi connectivity index (χ0v) is 9.59. The van der Waals surface area contributed by atoms with Gasteiger partial charge in [0.2, 0.25) is 10.0 Å². The minimum atomic E-state index is -2.97. The van der Waals surface area contributed by atoms with Gasteiger partial charge in [-0.3, -0.25) is 0 Å². The van der Waals surface area contributed by atoms with Gasteiger partial charge in [-0.15, -0.1) is 0 Å². The molecule has 0 atom stereocenters. The van der Waals surface area contributed by atoms with Crippen molar-refractivity contribution in [3.8, 4) is 0 Å². The van der Waals surface area contributed by atoms with Gasteiger partial charge in [-0.25, -0.2) is 8.42 Å². The highest BCUT2D eigenvalue weighted by Crippen LogP contribution is 2.35. The standard InChI is InChI=1S/C10H19NO2S/c1-14(12,13)11(10-7-8-10)9-5-3-2-4-6-9/h9-10H,2-8H2,1H3. The summed E-state index contributed by atoms with van der Waals surface area (Å²) in [6.45, 7) is 0. The Bertz CT molecular complexity index is 289. The monoisotopic (exact) mass is 217 g/mol. The van der Waals surface area contributed by atoms with Gasteiger partial charge in [-0.1, -0.05) is 19.3 Å². The third-order valence-electron chi connectivity index (χ3n) is 3.22. The lowest BCUT2D eigenvalue weighted by atomic mass is 9.95. The lowest BCUT2D eigenvalue weighted by Gasteiger charge is -2.32. The van der Waals surface area contributed by atoms with Crippen LogP contribution in [0, 0.1) is 0 Å². The fraction of sp³-hybridized carbons (Fsp3) is 1.00. The Kier molecular flexibility index (Phi) is 2.84. The second-order valence-electron chi connectivity index (χ2n) is 4.62. The van der Waals surface area contributed by atoms with E-state index in [0.717, 1.165) is 25.7 Å². The Morgan fingerprint density at radius 3 is 1.86 bits per heavy atom. The van der Waals surface area contributed by atoms with E-state index in [1.54, 1.807) is 4.31 Å². The molecule has 0 aromatic heterocycles. The highest BCUT2D eigenvalue weighted by Gasteiger charge is 2.39. The zero-order chi connectivity index (χ0) is 10.2. The third kappa shape index (κ3) is 2.28. The Labute approximate surface area is 86.5 Å². The molecule has 0 bridgehead atoms. The molecule has 0 aliphatic heterocycles. The summed E-state index contributed by atoms with van der Waals surface area (Å²) < 4.78 is 25.1. The van der Waals surface area contributed by atoms with Gasteiger partial charge < -0.3 is 0 Å². The smallest absolute Gasteiger partial charge is 0.211 e. The molecule has 4 heteroatoms. The van der Waals surface area contributed by atoms with Gasteiger partial charge in [0.05, 0.1) is 6.26 Å². The van der Waals surface area contributed by atoms with E-state index in [9.17, 15) is 8.42 Å². The summed E-state index contributed by atoms with van der Waals surface area (Å²) in [6.07, 6.45) is 9.33. The summed E-state index contributed by atoms with van der Waals surface area (Å²) >= 11 is 0. The van der Waals surface area contributed by atoms with Gasteiger partial charge >= 0.3 is 0 Å². The molecule has 2 aliphatic rings. The first-order valence-electron chi connectivity index (χ1n) is 5.57. The molecule has 0 heterocycles. The molecule has 3 nitrogen and oxygen atoms in total. The lowest BCUT2D eigenvalue weighted by Crippen LogP contribution is -2.42. The fourth-order valence-corrected chi connectivity index (χ4v) is 4.01. The third-order valence-corrected chi connectivity index (χ3v) is 4.59. The van der Waals surface area contributed by atoms with Gasteiger partial charge in [0, 0.05) is 12.1 Å². The van der Waals surface area contributed by atoms with Crippen LogP contribution in [0.4, 0.5) is 0 Å². The fourth-order valence-electron chi connectivity index (χ4n) is 2.50. The predicted octanol–water partition coefficient (Wildman–Crippen LogP) is 1.74. The molecule has 2 saturated carbocycles. The molecule has 0 saturated heterocycles. The van der Waals surface area contributed by atoms with Crippen LogP contribution in [0.3, 0.4) is 0 Å². The van der Waals surface area contributed by atoms with E-state index in [1.807, 2.05) is 0 Å². The SMILES string of the molecule is CS(=O)(=O)N(C1CCCCC1)C1CC1. The van der Waals surface area contributed by atoms with Gasteiger partial charge in [0.15, 0.2) is 0 Å². The highest BCUT2D eigenvalue weighted by molar-refractivity contribution is 7.88. The van der Waals surface area contributed by atoms with Crippen molar-refractivity contribution in [2.24, 2.45) is 0 Å². The summed E-state index contributed by atoms with van der Waals surface area (Å²) in [7, 11) is -2.97. The topological polar surface area (TPSA) is 37.4 Å². The molecule has 14 heavy (non-hydrogen) atoms. The normalized spacial score (nSPS) is 25.6. The maximum absolute atomic E-state index is 11.6. The van der Waals surface area contributed by atoms with E-state index in [2.05, 4.69) is 0 Å². The van der Waals surface area contributed by atoms with Crippen LogP contribution in [-0.2, 0) is 10.0 Å². The van der Waals surface area contributed by atoms with Crippen molar-refractivity contribution < 1.29 is 8.42 Å². The van der Waals surface area contributed by atoms with E-state index >= 15 is 0 Å². The van der Waals surface area contributed by atoms with Crippen LogP contribution in [0.2, 0.25) is 0 Å². The maximum Gasteiger partial charge on any atom is 0.211 e. The summed E-state index contributed by atoms with van der Waals surface area (Å²) in [5, 5.41) is 0. The number of nitrogens with zero attached hydrogens (tertiary/aromatic N) is 1. The molecule has 2 aliphatic carbocycles. The molecule has 82 valence electrons. The predicted molar refractivity (Wildman–Crippen MR) is 56.6 cm³/mol. The summed E-state index contributed by atoms with van der Waals surface area (Å²) in [4.78, 5) is 0. The van der Waals surface area contributed by atoms with Crippen LogP contribution in [0.15, 0.2) is 0 Å². The van der Waals surface area contributed by atoms with Crippen molar-refractivity contribution >= 4 is 10.0 Å². The van der Waals surface area contributed by atoms with Crippen molar-refractivity contribution in [2.75, 3.05) is 6.26 Å². The number of hydrogen-bond donors (Lipinski definition) is 0. The lowest BCUT2D eigenvalue weighted by molar-refractivity contribution is 0.248. The van der Waals surface area contributed by atoms with Crippen LogP contribution in [0.25, 0.3) is 0 Å². The minimum Gasteiger partial charge on any atom is -0.212 e. The van der Waals surface area contributed by atoms with E-state index < -0.39 is 10.0 Å². The van der Waals surface area contributed by atoms with Gasteiger partial charge in [0.25, 0.3) is 0 Å². The van der Waals surface area contributed by atoms with Crippen LogP contribution in [-0.4, -0.2) is 31.1 Å². The van der Waals surface area contributed by atoms with Crippen molar-refractivity contribution in [2.45, 2.75) is 57.0 Å². The number of sulfonamides is 1. The Hall–Kier alpha value is -0.0900. The van der Waals surface area contributed by atoms with E-state index in [1.165, 1.54) is 25.5 Å². The molecule has 0 spiro atoms. The van der Waals surface area contributed by atoms with Crippen LogP contribution in [0.5, 0.6) is 0 Å².